The number of ether oxygens (including phenoxy) is 1. The second-order valence-electron chi connectivity index (χ2n) is 7.42. The summed E-state index contributed by atoms with van der Waals surface area (Å²) in [5.74, 6) is -0.835. The van der Waals surface area contributed by atoms with Crippen LogP contribution in [0, 0.1) is 0 Å². The molecule has 7 nitrogen and oxygen atoms in total. The van der Waals surface area contributed by atoms with E-state index in [0.29, 0.717) is 33.4 Å². The van der Waals surface area contributed by atoms with E-state index in [-0.39, 0.29) is 48.4 Å². The second-order valence-corrected chi connectivity index (χ2v) is 7.42. The number of aromatic hydroxyl groups is 1. The Hall–Kier alpha value is -3.19. The van der Waals surface area contributed by atoms with Crippen LogP contribution in [-0.4, -0.2) is 25.7 Å². The zero-order chi connectivity index (χ0) is 23.0. The van der Waals surface area contributed by atoms with E-state index in [4.69, 9.17) is 8.85 Å². The fourth-order valence-electron chi connectivity index (χ4n) is 4.25. The van der Waals surface area contributed by atoms with Crippen molar-refractivity contribution in [3.63, 3.8) is 0 Å². The summed E-state index contributed by atoms with van der Waals surface area (Å²) in [6.45, 7) is -0.618. The first-order valence-electron chi connectivity index (χ1n) is 10.8. The average Bonchev–Trinajstić information content (AvgIpc) is 3.09. The minimum Gasteiger partial charge on any atom is -0.507 e. The second kappa shape index (κ2) is 5.90. The Morgan fingerprint density at radius 3 is 2.93 bits per heavy atom. The molecule has 2 N–H and O–H groups in total. The molecule has 3 aromatic rings. The lowest BCUT2D eigenvalue weighted by Gasteiger charge is -2.31. The number of phenolic OH excluding ortho intramolecular Hbond substituents is 1. The minimum absolute atomic E-state index is 0.0356. The standard InChI is InChI=1S/C22H20N2O5/c1-3-11-5-6-17(25)13-7-12-9-24-16(19(12)23-18(11)13)8-15-14(20(24)26)10-29-21(27)22(15,28)4-2/h5-8,25,28H,3-4,9-10H2,1-2H3/t22-/m0/s1/i1D3. The van der Waals surface area contributed by atoms with E-state index in [9.17, 15) is 19.8 Å². The van der Waals surface area contributed by atoms with Crippen LogP contribution >= 0.6 is 0 Å². The molecule has 0 radical (unpaired) electrons. The summed E-state index contributed by atoms with van der Waals surface area (Å²) in [6, 6.07) is 6.27. The molecule has 2 aromatic heterocycles. The van der Waals surface area contributed by atoms with E-state index in [1.807, 2.05) is 0 Å². The number of aliphatic hydroxyl groups is 1. The van der Waals surface area contributed by atoms with Gasteiger partial charge < -0.3 is 19.5 Å². The normalized spacial score (nSPS) is 21.6. The van der Waals surface area contributed by atoms with Crippen LogP contribution in [0.25, 0.3) is 22.3 Å². The van der Waals surface area contributed by atoms with E-state index in [1.165, 1.54) is 16.7 Å². The van der Waals surface area contributed by atoms with Gasteiger partial charge in [-0.05, 0) is 36.6 Å². The number of fused-ring (bicyclic) bond motifs is 5. The number of carbonyl (C=O) groups excluding carboxylic acids is 1. The van der Waals surface area contributed by atoms with Crippen molar-refractivity contribution in [1.82, 2.24) is 9.55 Å². The fraction of sp³-hybridized carbons (Fsp3) is 0.318. The van der Waals surface area contributed by atoms with Crippen molar-refractivity contribution in [2.45, 2.75) is 45.4 Å². The van der Waals surface area contributed by atoms with Gasteiger partial charge in [-0.2, -0.15) is 0 Å². The van der Waals surface area contributed by atoms with Gasteiger partial charge in [-0.1, -0.05) is 19.8 Å². The van der Waals surface area contributed by atoms with Crippen LogP contribution in [0.4, 0.5) is 0 Å². The maximum Gasteiger partial charge on any atom is 0.343 e. The van der Waals surface area contributed by atoms with Crippen molar-refractivity contribution in [2.75, 3.05) is 0 Å². The van der Waals surface area contributed by atoms with E-state index < -0.39 is 18.4 Å². The molecule has 2 aliphatic rings. The highest BCUT2D eigenvalue weighted by molar-refractivity contribution is 5.91. The first-order chi connectivity index (χ1) is 15.0. The molecule has 0 saturated carbocycles. The third-order valence-corrected chi connectivity index (χ3v) is 5.93. The van der Waals surface area contributed by atoms with Crippen LogP contribution < -0.4 is 5.56 Å². The first-order valence-corrected chi connectivity index (χ1v) is 9.35. The number of pyridine rings is 2. The van der Waals surface area contributed by atoms with Crippen LogP contribution in [0.1, 0.15) is 46.6 Å². The third kappa shape index (κ3) is 2.25. The maximum atomic E-state index is 13.2. The summed E-state index contributed by atoms with van der Waals surface area (Å²) in [7, 11) is 0. The molecule has 0 fully saturated rings. The van der Waals surface area contributed by atoms with Gasteiger partial charge in [0.1, 0.15) is 12.4 Å². The van der Waals surface area contributed by atoms with E-state index in [1.54, 1.807) is 19.1 Å². The Morgan fingerprint density at radius 1 is 1.34 bits per heavy atom. The van der Waals surface area contributed by atoms with Gasteiger partial charge in [0.05, 0.1) is 29.0 Å². The van der Waals surface area contributed by atoms with Crippen molar-refractivity contribution in [2.24, 2.45) is 0 Å². The Labute approximate surface area is 170 Å². The van der Waals surface area contributed by atoms with Gasteiger partial charge in [0, 0.05) is 20.6 Å². The molecular weight excluding hydrogens is 372 g/mol. The Balaban J connectivity index is 1.77. The highest BCUT2D eigenvalue weighted by Gasteiger charge is 2.45. The Kier molecular flexibility index (Phi) is 3.00. The number of aromatic nitrogens is 2. The molecule has 148 valence electrons. The van der Waals surface area contributed by atoms with Crippen molar-refractivity contribution < 1.29 is 23.9 Å². The predicted molar refractivity (Wildman–Crippen MR) is 106 cm³/mol. The lowest BCUT2D eigenvalue weighted by molar-refractivity contribution is -0.172. The molecule has 1 atom stereocenters. The van der Waals surface area contributed by atoms with Gasteiger partial charge in [0.2, 0.25) is 0 Å². The molecule has 5 rings (SSSR count). The molecule has 0 saturated heterocycles. The van der Waals surface area contributed by atoms with Crippen molar-refractivity contribution in [1.29, 1.82) is 0 Å². The summed E-state index contributed by atoms with van der Waals surface area (Å²) in [5.41, 5.74) is 0.463. The molecular formula is C22H20N2O5. The SMILES string of the molecule is [2H]C([2H])([2H])Cc1ccc(O)c2cc3c(nc12)-c1cc2c(c(=O)n1C3)COC(=O)[C@]2(O)CC. The lowest BCUT2D eigenvalue weighted by Crippen LogP contribution is -2.44. The minimum atomic E-state index is -2.23. The van der Waals surface area contributed by atoms with Crippen LogP contribution in [-0.2, 0) is 34.7 Å². The van der Waals surface area contributed by atoms with E-state index in [0.717, 1.165) is 0 Å². The van der Waals surface area contributed by atoms with E-state index >= 15 is 0 Å². The number of aryl methyl sites for hydroxylation is 1. The van der Waals surface area contributed by atoms with Gasteiger partial charge in [-0.25, -0.2) is 9.78 Å². The zero-order valence-corrected chi connectivity index (χ0v) is 15.7. The topological polar surface area (TPSA) is 102 Å². The summed E-state index contributed by atoms with van der Waals surface area (Å²) in [4.78, 5) is 30.1. The number of phenols is 1. The molecule has 0 spiro atoms. The molecule has 0 unspecified atom stereocenters. The smallest absolute Gasteiger partial charge is 0.343 e. The van der Waals surface area contributed by atoms with Gasteiger partial charge in [0.15, 0.2) is 5.60 Å². The molecule has 7 heteroatoms. The molecule has 2 aliphatic heterocycles. The first kappa shape index (κ1) is 14.8. The molecule has 0 aliphatic carbocycles. The average molecular weight is 395 g/mol. The number of hydrogen-bond donors (Lipinski definition) is 2. The highest BCUT2D eigenvalue weighted by Crippen LogP contribution is 2.39. The van der Waals surface area contributed by atoms with Crippen molar-refractivity contribution in [3.8, 4) is 17.1 Å². The molecule has 0 amide bonds. The Morgan fingerprint density at radius 2 is 2.17 bits per heavy atom. The molecule has 29 heavy (non-hydrogen) atoms. The third-order valence-electron chi connectivity index (χ3n) is 5.93. The quantitative estimate of drug-likeness (QED) is 0.505. The summed E-state index contributed by atoms with van der Waals surface area (Å²) < 4.78 is 29.4. The predicted octanol–water partition coefficient (Wildman–Crippen LogP) is 2.35. The number of hydrogen-bond acceptors (Lipinski definition) is 6. The number of nitrogens with zero attached hydrogens (tertiary/aromatic N) is 2. The summed E-state index contributed by atoms with van der Waals surface area (Å²) in [5, 5.41) is 21.7. The van der Waals surface area contributed by atoms with Crippen molar-refractivity contribution >= 4 is 16.9 Å². The van der Waals surface area contributed by atoms with E-state index in [2.05, 4.69) is 4.98 Å². The number of carbonyl (C=O) groups is 1. The van der Waals surface area contributed by atoms with Gasteiger partial charge >= 0.3 is 5.97 Å². The van der Waals surface area contributed by atoms with Crippen LogP contribution in [0.2, 0.25) is 0 Å². The summed E-state index contributed by atoms with van der Waals surface area (Å²) >= 11 is 0. The molecule has 0 bridgehead atoms. The molecule has 1 aromatic carbocycles. The number of cyclic esters (lactones) is 1. The fourth-order valence-corrected chi connectivity index (χ4v) is 4.25. The van der Waals surface area contributed by atoms with Crippen LogP contribution in [0.15, 0.2) is 29.1 Å². The molecule has 4 heterocycles. The van der Waals surface area contributed by atoms with Crippen molar-refractivity contribution in [3.05, 3.63) is 56.9 Å². The number of rotatable bonds is 2. The van der Waals surface area contributed by atoms with Crippen LogP contribution in [0.3, 0.4) is 0 Å². The lowest BCUT2D eigenvalue weighted by atomic mass is 9.86. The Bertz CT molecular complexity index is 1380. The highest BCUT2D eigenvalue weighted by atomic mass is 16.6. The van der Waals surface area contributed by atoms with Crippen LogP contribution in [0.5, 0.6) is 5.75 Å². The number of benzene rings is 1. The summed E-state index contributed by atoms with van der Waals surface area (Å²) in [6.07, 6.45) is -0.190. The van der Waals surface area contributed by atoms with Gasteiger partial charge in [0.25, 0.3) is 5.56 Å². The monoisotopic (exact) mass is 395 g/mol. The van der Waals surface area contributed by atoms with Gasteiger partial charge in [-0.3, -0.25) is 4.79 Å². The zero-order valence-electron chi connectivity index (χ0n) is 18.7. The van der Waals surface area contributed by atoms with Gasteiger partial charge in [-0.15, -0.1) is 0 Å². The largest absolute Gasteiger partial charge is 0.507 e. The maximum absolute atomic E-state index is 13.2. The number of esters is 1.